The van der Waals surface area contributed by atoms with Gasteiger partial charge in [0.15, 0.2) is 0 Å². The number of hydrogen-bond donors (Lipinski definition) is 1. The van der Waals surface area contributed by atoms with E-state index in [0.717, 1.165) is 17.8 Å². The zero-order valence-electron chi connectivity index (χ0n) is 13.7. The minimum atomic E-state index is -3.60. The van der Waals surface area contributed by atoms with Gasteiger partial charge in [0.25, 0.3) is 0 Å². The second kappa shape index (κ2) is 5.85. The number of rotatable bonds is 4. The van der Waals surface area contributed by atoms with E-state index in [1.54, 1.807) is 12.1 Å². The van der Waals surface area contributed by atoms with E-state index >= 15 is 0 Å². The first-order valence-corrected chi connectivity index (χ1v) is 8.80. The van der Waals surface area contributed by atoms with Gasteiger partial charge in [-0.05, 0) is 40.7 Å². The molecule has 0 saturated carbocycles. The standard InChI is InChI=1S/C16H23N3O2S/c1-6-19-11-14(12(2)17-19)13-9-7-8-10-15(13)22(20,21)18-16(3,4)5/h7-11,18H,6H2,1-5H3. The molecule has 0 amide bonds. The third-order valence-corrected chi connectivity index (χ3v) is 4.99. The highest BCUT2D eigenvalue weighted by molar-refractivity contribution is 7.89. The summed E-state index contributed by atoms with van der Waals surface area (Å²) in [6, 6.07) is 7.03. The lowest BCUT2D eigenvalue weighted by molar-refractivity contribution is 0.491. The van der Waals surface area contributed by atoms with Crippen LogP contribution in [-0.4, -0.2) is 23.7 Å². The van der Waals surface area contributed by atoms with Crippen molar-refractivity contribution in [3.8, 4) is 11.1 Å². The fourth-order valence-corrected chi connectivity index (χ4v) is 3.97. The summed E-state index contributed by atoms with van der Waals surface area (Å²) >= 11 is 0. The zero-order chi connectivity index (χ0) is 16.5. The highest BCUT2D eigenvalue weighted by Crippen LogP contribution is 2.29. The van der Waals surface area contributed by atoms with Crippen LogP contribution in [0.2, 0.25) is 0 Å². The molecule has 1 heterocycles. The van der Waals surface area contributed by atoms with Crippen LogP contribution < -0.4 is 4.72 Å². The second-order valence-electron chi connectivity index (χ2n) is 6.34. The Hall–Kier alpha value is -1.66. The zero-order valence-corrected chi connectivity index (χ0v) is 14.5. The third kappa shape index (κ3) is 3.56. The largest absolute Gasteiger partial charge is 0.272 e. The molecule has 22 heavy (non-hydrogen) atoms. The van der Waals surface area contributed by atoms with Crippen LogP contribution in [0.4, 0.5) is 0 Å². The van der Waals surface area contributed by atoms with Gasteiger partial charge in [-0.15, -0.1) is 0 Å². The Bertz CT molecular complexity index is 771. The summed E-state index contributed by atoms with van der Waals surface area (Å²) in [4.78, 5) is 0.281. The molecule has 0 unspecified atom stereocenters. The lowest BCUT2D eigenvalue weighted by atomic mass is 10.1. The van der Waals surface area contributed by atoms with Crippen LogP contribution in [0.15, 0.2) is 35.4 Å². The number of benzene rings is 1. The van der Waals surface area contributed by atoms with Gasteiger partial charge in [0.2, 0.25) is 10.0 Å². The molecule has 0 spiro atoms. The molecule has 0 aliphatic rings. The number of nitrogens with zero attached hydrogens (tertiary/aromatic N) is 2. The van der Waals surface area contributed by atoms with Crippen molar-refractivity contribution in [1.29, 1.82) is 0 Å². The van der Waals surface area contributed by atoms with Crippen LogP contribution in [-0.2, 0) is 16.6 Å². The highest BCUT2D eigenvalue weighted by Gasteiger charge is 2.25. The maximum absolute atomic E-state index is 12.7. The highest BCUT2D eigenvalue weighted by atomic mass is 32.2. The molecule has 1 aromatic heterocycles. The molecular formula is C16H23N3O2S. The number of aromatic nitrogens is 2. The number of aryl methyl sites for hydroxylation is 2. The van der Waals surface area contributed by atoms with Gasteiger partial charge in [-0.25, -0.2) is 13.1 Å². The Balaban J connectivity index is 2.58. The van der Waals surface area contributed by atoms with Crippen molar-refractivity contribution >= 4 is 10.0 Å². The predicted molar refractivity (Wildman–Crippen MR) is 88.1 cm³/mol. The van der Waals surface area contributed by atoms with Crippen molar-refractivity contribution in [1.82, 2.24) is 14.5 Å². The van der Waals surface area contributed by atoms with Gasteiger partial charge in [0, 0.05) is 29.4 Å². The van der Waals surface area contributed by atoms with E-state index in [4.69, 9.17) is 0 Å². The van der Waals surface area contributed by atoms with Crippen molar-refractivity contribution in [2.45, 2.75) is 51.6 Å². The molecular weight excluding hydrogens is 298 g/mol. The first-order valence-electron chi connectivity index (χ1n) is 7.31. The maximum Gasteiger partial charge on any atom is 0.241 e. The first-order chi connectivity index (χ1) is 10.1. The average Bonchev–Trinajstić information content (AvgIpc) is 2.77. The van der Waals surface area contributed by atoms with Gasteiger partial charge in [-0.3, -0.25) is 4.68 Å². The molecule has 1 aromatic carbocycles. The summed E-state index contributed by atoms with van der Waals surface area (Å²) in [5.41, 5.74) is 1.81. The van der Waals surface area contributed by atoms with E-state index in [1.807, 2.05) is 57.6 Å². The summed E-state index contributed by atoms with van der Waals surface area (Å²) in [5.74, 6) is 0. The monoisotopic (exact) mass is 321 g/mol. The quantitative estimate of drug-likeness (QED) is 0.941. The van der Waals surface area contributed by atoms with Gasteiger partial charge in [-0.2, -0.15) is 5.10 Å². The van der Waals surface area contributed by atoms with Crippen molar-refractivity contribution in [3.05, 3.63) is 36.2 Å². The summed E-state index contributed by atoms with van der Waals surface area (Å²) in [7, 11) is -3.60. The molecule has 2 aromatic rings. The Morgan fingerprint density at radius 3 is 2.36 bits per heavy atom. The van der Waals surface area contributed by atoms with Gasteiger partial charge in [0.1, 0.15) is 0 Å². The van der Waals surface area contributed by atoms with E-state index < -0.39 is 15.6 Å². The molecule has 6 heteroatoms. The molecule has 0 aliphatic heterocycles. The van der Waals surface area contributed by atoms with E-state index in [9.17, 15) is 8.42 Å². The Kier molecular flexibility index (Phi) is 4.44. The van der Waals surface area contributed by atoms with E-state index in [-0.39, 0.29) is 4.90 Å². The maximum atomic E-state index is 12.7. The smallest absolute Gasteiger partial charge is 0.241 e. The van der Waals surface area contributed by atoms with Gasteiger partial charge in [-0.1, -0.05) is 18.2 Å². The SMILES string of the molecule is CCn1cc(-c2ccccc2S(=O)(=O)NC(C)(C)C)c(C)n1. The molecule has 0 atom stereocenters. The molecule has 1 N–H and O–H groups in total. The molecule has 0 radical (unpaired) electrons. The summed E-state index contributed by atoms with van der Waals surface area (Å²) in [6.07, 6.45) is 1.89. The van der Waals surface area contributed by atoms with Crippen LogP contribution in [0, 0.1) is 6.92 Å². The predicted octanol–water partition coefficient (Wildman–Crippen LogP) is 2.96. The van der Waals surface area contributed by atoms with E-state index in [2.05, 4.69) is 9.82 Å². The van der Waals surface area contributed by atoms with Crippen LogP contribution >= 0.6 is 0 Å². The lowest BCUT2D eigenvalue weighted by Crippen LogP contribution is -2.40. The Morgan fingerprint density at radius 1 is 1.18 bits per heavy atom. The van der Waals surface area contributed by atoms with Gasteiger partial charge in [0.05, 0.1) is 10.6 Å². The molecule has 0 aliphatic carbocycles. The van der Waals surface area contributed by atoms with Crippen molar-refractivity contribution in [3.63, 3.8) is 0 Å². The lowest BCUT2D eigenvalue weighted by Gasteiger charge is -2.21. The number of nitrogens with one attached hydrogen (secondary N) is 1. The minimum Gasteiger partial charge on any atom is -0.272 e. The number of sulfonamides is 1. The van der Waals surface area contributed by atoms with Crippen molar-refractivity contribution in [2.75, 3.05) is 0 Å². The first kappa shape index (κ1) is 16.7. The van der Waals surface area contributed by atoms with Crippen LogP contribution in [0.1, 0.15) is 33.4 Å². The molecule has 5 nitrogen and oxygen atoms in total. The normalized spacial score (nSPS) is 12.6. The minimum absolute atomic E-state index is 0.281. The molecule has 2 rings (SSSR count). The Morgan fingerprint density at radius 2 is 1.82 bits per heavy atom. The second-order valence-corrected chi connectivity index (χ2v) is 7.99. The van der Waals surface area contributed by atoms with Gasteiger partial charge >= 0.3 is 0 Å². The number of hydrogen-bond acceptors (Lipinski definition) is 3. The molecule has 0 bridgehead atoms. The van der Waals surface area contributed by atoms with Crippen LogP contribution in [0.5, 0.6) is 0 Å². The fourth-order valence-electron chi connectivity index (χ4n) is 2.33. The molecule has 120 valence electrons. The van der Waals surface area contributed by atoms with Crippen molar-refractivity contribution < 1.29 is 8.42 Å². The Labute approximate surface area is 132 Å². The van der Waals surface area contributed by atoms with Gasteiger partial charge < -0.3 is 0 Å². The van der Waals surface area contributed by atoms with Crippen LogP contribution in [0.3, 0.4) is 0 Å². The van der Waals surface area contributed by atoms with E-state index in [1.165, 1.54) is 0 Å². The average molecular weight is 321 g/mol. The molecule has 0 fully saturated rings. The summed E-state index contributed by atoms with van der Waals surface area (Å²) in [6.45, 7) is 10.1. The fraction of sp³-hybridized carbons (Fsp3) is 0.438. The topological polar surface area (TPSA) is 64.0 Å². The third-order valence-electron chi connectivity index (χ3n) is 3.18. The summed E-state index contributed by atoms with van der Waals surface area (Å²) < 4.78 is 29.9. The summed E-state index contributed by atoms with van der Waals surface area (Å²) in [5, 5.41) is 4.40. The van der Waals surface area contributed by atoms with Crippen LogP contribution in [0.25, 0.3) is 11.1 Å². The van der Waals surface area contributed by atoms with Crippen molar-refractivity contribution in [2.24, 2.45) is 0 Å². The van der Waals surface area contributed by atoms with E-state index in [0.29, 0.717) is 5.56 Å². The molecule has 0 saturated heterocycles.